The van der Waals surface area contributed by atoms with Crippen molar-refractivity contribution in [1.82, 2.24) is 15.0 Å². The molecule has 8 heteroatoms. The second kappa shape index (κ2) is 4.93. The molecule has 1 unspecified atom stereocenters. The van der Waals surface area contributed by atoms with Crippen LogP contribution in [0.4, 0.5) is 5.13 Å². The highest BCUT2D eigenvalue weighted by Gasteiger charge is 2.17. The van der Waals surface area contributed by atoms with Crippen LogP contribution in [0.5, 0.6) is 0 Å². The van der Waals surface area contributed by atoms with Gasteiger partial charge < -0.3 is 21.1 Å². The molecule has 2 aromatic rings. The minimum absolute atomic E-state index is 0.356. The summed E-state index contributed by atoms with van der Waals surface area (Å²) in [6.45, 7) is 0.551. The van der Waals surface area contributed by atoms with Gasteiger partial charge in [-0.1, -0.05) is 0 Å². The first kappa shape index (κ1) is 11.6. The molecule has 7 nitrogen and oxygen atoms in total. The van der Waals surface area contributed by atoms with Crippen molar-refractivity contribution in [2.24, 2.45) is 5.73 Å². The molecule has 0 spiro atoms. The summed E-state index contributed by atoms with van der Waals surface area (Å²) in [6, 6.07) is -1.08. The maximum absolute atomic E-state index is 10.7. The van der Waals surface area contributed by atoms with Crippen molar-refractivity contribution in [3.05, 3.63) is 29.3 Å². The molecule has 90 valence electrons. The number of carboxylic acids is 1. The van der Waals surface area contributed by atoms with Crippen LogP contribution < -0.4 is 11.1 Å². The number of nitrogens with one attached hydrogen (secondary N) is 2. The number of nitrogens with two attached hydrogens (primary N) is 1. The molecule has 0 amide bonds. The van der Waals surface area contributed by atoms with E-state index in [9.17, 15) is 4.79 Å². The van der Waals surface area contributed by atoms with Crippen LogP contribution in [-0.4, -0.2) is 26.0 Å². The summed E-state index contributed by atoms with van der Waals surface area (Å²) in [5.41, 5.74) is 6.72. The van der Waals surface area contributed by atoms with Gasteiger partial charge in [-0.3, -0.25) is 4.79 Å². The van der Waals surface area contributed by atoms with Gasteiger partial charge in [0.05, 0.1) is 24.3 Å². The van der Waals surface area contributed by atoms with E-state index in [1.807, 2.05) is 0 Å². The molecule has 0 saturated carbocycles. The Morgan fingerprint density at radius 2 is 2.53 bits per heavy atom. The summed E-state index contributed by atoms with van der Waals surface area (Å²) in [6.07, 6.45) is 3.29. The third-order valence-electron chi connectivity index (χ3n) is 2.09. The van der Waals surface area contributed by atoms with E-state index in [2.05, 4.69) is 20.3 Å². The van der Waals surface area contributed by atoms with E-state index < -0.39 is 12.0 Å². The first-order chi connectivity index (χ1) is 8.16. The number of H-pyrrole nitrogens is 1. The Bertz CT molecular complexity index is 495. The molecule has 0 aromatic carbocycles. The number of anilines is 1. The maximum Gasteiger partial charge on any atom is 0.326 e. The highest BCUT2D eigenvalue weighted by Crippen LogP contribution is 2.19. The first-order valence-electron chi connectivity index (χ1n) is 4.81. The number of aliphatic carboxylic acids is 1. The van der Waals surface area contributed by atoms with Gasteiger partial charge in [-0.05, 0) is 0 Å². The highest BCUT2D eigenvalue weighted by molar-refractivity contribution is 7.13. The lowest BCUT2D eigenvalue weighted by molar-refractivity contribution is -0.138. The van der Waals surface area contributed by atoms with Gasteiger partial charge in [-0.25, -0.2) is 9.97 Å². The van der Waals surface area contributed by atoms with Crippen molar-refractivity contribution in [2.75, 3.05) is 5.32 Å². The van der Waals surface area contributed by atoms with Crippen LogP contribution in [0, 0.1) is 0 Å². The van der Waals surface area contributed by atoms with E-state index in [0.717, 1.165) is 5.69 Å². The standard InChI is InChI=1S/C9H11N5O2S/c10-7(8(15)16)6-3-17-9(14-6)12-2-5-1-11-4-13-5/h1,3-4,7H,2,10H2,(H,11,13)(H,12,14)(H,15,16). The lowest BCUT2D eigenvalue weighted by Gasteiger charge is -2.01. The SMILES string of the molecule is NC(C(=O)O)c1csc(NCc2cnc[nH]2)n1. The van der Waals surface area contributed by atoms with Gasteiger partial charge in [0, 0.05) is 11.6 Å². The van der Waals surface area contributed by atoms with Crippen molar-refractivity contribution in [3.63, 3.8) is 0 Å². The van der Waals surface area contributed by atoms with Crippen molar-refractivity contribution in [2.45, 2.75) is 12.6 Å². The summed E-state index contributed by atoms with van der Waals surface area (Å²) in [5, 5.41) is 14.0. The Labute approximate surface area is 101 Å². The van der Waals surface area contributed by atoms with Gasteiger partial charge in [0.2, 0.25) is 0 Å². The molecule has 0 bridgehead atoms. The molecule has 0 radical (unpaired) electrons. The number of carbonyl (C=O) groups is 1. The van der Waals surface area contributed by atoms with Crippen LogP contribution in [0.3, 0.4) is 0 Å². The molecule has 17 heavy (non-hydrogen) atoms. The van der Waals surface area contributed by atoms with Crippen LogP contribution in [-0.2, 0) is 11.3 Å². The van der Waals surface area contributed by atoms with E-state index >= 15 is 0 Å². The lowest BCUT2D eigenvalue weighted by Crippen LogP contribution is -2.20. The van der Waals surface area contributed by atoms with Crippen LogP contribution >= 0.6 is 11.3 Å². The second-order valence-electron chi connectivity index (χ2n) is 3.32. The van der Waals surface area contributed by atoms with Gasteiger partial charge >= 0.3 is 5.97 Å². The molecule has 2 aromatic heterocycles. The number of carboxylic acid groups (broad SMARTS) is 1. The minimum Gasteiger partial charge on any atom is -0.480 e. The zero-order chi connectivity index (χ0) is 12.3. The van der Waals surface area contributed by atoms with E-state index in [1.54, 1.807) is 17.9 Å². The molecule has 0 saturated heterocycles. The monoisotopic (exact) mass is 253 g/mol. The van der Waals surface area contributed by atoms with Crippen molar-refractivity contribution >= 4 is 22.4 Å². The Morgan fingerprint density at radius 1 is 1.71 bits per heavy atom. The van der Waals surface area contributed by atoms with Crippen LogP contribution in [0.15, 0.2) is 17.9 Å². The number of hydrogen-bond donors (Lipinski definition) is 4. The van der Waals surface area contributed by atoms with Crippen LogP contribution in [0.1, 0.15) is 17.4 Å². The molecule has 0 fully saturated rings. The molecular formula is C9H11N5O2S. The number of imidazole rings is 1. The lowest BCUT2D eigenvalue weighted by atomic mass is 10.2. The predicted molar refractivity (Wildman–Crippen MR) is 62.6 cm³/mol. The zero-order valence-electron chi connectivity index (χ0n) is 8.75. The number of rotatable bonds is 5. The minimum atomic E-state index is -1.09. The van der Waals surface area contributed by atoms with Crippen molar-refractivity contribution < 1.29 is 9.90 Å². The van der Waals surface area contributed by atoms with Gasteiger partial charge in [-0.2, -0.15) is 0 Å². The number of nitrogens with zero attached hydrogens (tertiary/aromatic N) is 2. The van der Waals surface area contributed by atoms with Crippen LogP contribution in [0.25, 0.3) is 0 Å². The second-order valence-corrected chi connectivity index (χ2v) is 4.18. The molecule has 0 aliphatic carbocycles. The molecule has 2 heterocycles. The summed E-state index contributed by atoms with van der Waals surface area (Å²) >= 11 is 1.32. The zero-order valence-corrected chi connectivity index (χ0v) is 9.57. The van der Waals surface area contributed by atoms with E-state index in [4.69, 9.17) is 10.8 Å². The Morgan fingerprint density at radius 3 is 3.18 bits per heavy atom. The molecule has 5 N–H and O–H groups in total. The summed E-state index contributed by atoms with van der Waals surface area (Å²) in [7, 11) is 0. The van der Waals surface area contributed by atoms with Crippen molar-refractivity contribution in [1.29, 1.82) is 0 Å². The highest BCUT2D eigenvalue weighted by atomic mass is 32.1. The third-order valence-corrected chi connectivity index (χ3v) is 2.91. The summed E-state index contributed by atoms with van der Waals surface area (Å²) < 4.78 is 0. The van der Waals surface area contributed by atoms with Gasteiger partial charge in [-0.15, -0.1) is 11.3 Å². The quantitative estimate of drug-likeness (QED) is 0.618. The van der Waals surface area contributed by atoms with Crippen molar-refractivity contribution in [3.8, 4) is 0 Å². The summed E-state index contributed by atoms with van der Waals surface area (Å²) in [4.78, 5) is 21.6. The molecule has 2 rings (SSSR count). The average molecular weight is 253 g/mol. The third kappa shape index (κ3) is 2.80. The maximum atomic E-state index is 10.7. The van der Waals surface area contributed by atoms with E-state index in [-0.39, 0.29) is 0 Å². The Hall–Kier alpha value is -1.93. The van der Waals surface area contributed by atoms with E-state index in [0.29, 0.717) is 17.4 Å². The molecular weight excluding hydrogens is 242 g/mol. The van der Waals surface area contributed by atoms with Crippen LogP contribution in [0.2, 0.25) is 0 Å². The predicted octanol–water partition coefficient (Wildman–Crippen LogP) is 0.563. The van der Waals surface area contributed by atoms with Gasteiger partial charge in [0.25, 0.3) is 0 Å². The fourth-order valence-electron chi connectivity index (χ4n) is 1.19. The smallest absolute Gasteiger partial charge is 0.326 e. The number of thiazole rings is 1. The topological polar surface area (TPSA) is 117 Å². The molecule has 0 aliphatic heterocycles. The van der Waals surface area contributed by atoms with Gasteiger partial charge in [0.15, 0.2) is 5.13 Å². The summed E-state index contributed by atoms with van der Waals surface area (Å²) in [5.74, 6) is -1.09. The fraction of sp³-hybridized carbons (Fsp3) is 0.222. The number of aromatic nitrogens is 3. The Balaban J connectivity index is 1.96. The molecule has 0 aliphatic rings. The van der Waals surface area contributed by atoms with Gasteiger partial charge in [0.1, 0.15) is 6.04 Å². The number of hydrogen-bond acceptors (Lipinski definition) is 6. The Kier molecular flexibility index (Phi) is 3.35. The molecule has 1 atom stereocenters. The first-order valence-corrected chi connectivity index (χ1v) is 5.69. The van der Waals surface area contributed by atoms with E-state index in [1.165, 1.54) is 11.3 Å². The normalized spacial score (nSPS) is 12.3. The average Bonchev–Trinajstić information content (AvgIpc) is 2.96. The fourth-order valence-corrected chi connectivity index (χ4v) is 1.93. The largest absolute Gasteiger partial charge is 0.480 e. The number of aromatic amines is 1.